The number of halogens is 3. The number of benzene rings is 1. The lowest BCUT2D eigenvalue weighted by atomic mass is 9.85. The molecule has 226 valence electrons. The Morgan fingerprint density at radius 2 is 1.60 bits per heavy atom. The molecule has 7 rings (SSSR count). The highest BCUT2D eigenvalue weighted by molar-refractivity contribution is 5.87. The van der Waals surface area contributed by atoms with Crippen molar-refractivity contribution in [1.82, 2.24) is 19.4 Å². The van der Waals surface area contributed by atoms with Crippen molar-refractivity contribution >= 4 is 16.9 Å². The molecule has 0 unspecified atom stereocenters. The van der Waals surface area contributed by atoms with Crippen LogP contribution < -0.4 is 10.9 Å². The number of piperidine rings is 1. The van der Waals surface area contributed by atoms with Crippen molar-refractivity contribution in [3.05, 3.63) is 63.5 Å². The van der Waals surface area contributed by atoms with Crippen LogP contribution in [0.25, 0.3) is 11.0 Å². The minimum Gasteiger partial charge on any atom is -0.363 e. The molecule has 8 bridgehead atoms. The van der Waals surface area contributed by atoms with Crippen LogP contribution >= 0.6 is 0 Å². The second kappa shape index (κ2) is 12.3. The summed E-state index contributed by atoms with van der Waals surface area (Å²) in [4.78, 5) is 25.1. The van der Waals surface area contributed by atoms with Crippen molar-refractivity contribution in [3.8, 4) is 0 Å². The van der Waals surface area contributed by atoms with Gasteiger partial charge in [-0.1, -0.05) is 50.3 Å². The van der Waals surface area contributed by atoms with Crippen LogP contribution in [0.5, 0.6) is 0 Å². The Morgan fingerprint density at radius 3 is 2.36 bits per heavy atom. The lowest BCUT2D eigenvalue weighted by Crippen LogP contribution is -2.40. The van der Waals surface area contributed by atoms with Gasteiger partial charge in [0.2, 0.25) is 0 Å². The standard InChI is InChI=1S/C33H42F3N5O/c1-22-25-12-9-13-28(29(25)34)33(35,36)24-14-18-40(19-15-24)16-7-3-2-4-8-17-41-31-27(30(39-22)37-21-38-31)20-26(32(41)42)23-10-5-6-11-23/h9,12-13,20-24H,2-8,10-11,14-19H2,1H3,(H,37,38,39)/t22-/m1/s1. The number of anilines is 1. The van der Waals surface area contributed by atoms with Crippen molar-refractivity contribution in [2.75, 3.05) is 25.0 Å². The summed E-state index contributed by atoms with van der Waals surface area (Å²) in [6.45, 7) is 4.48. The highest BCUT2D eigenvalue weighted by Crippen LogP contribution is 2.44. The Kier molecular flexibility index (Phi) is 8.57. The van der Waals surface area contributed by atoms with E-state index in [2.05, 4.69) is 20.2 Å². The molecule has 6 nitrogen and oxygen atoms in total. The summed E-state index contributed by atoms with van der Waals surface area (Å²) >= 11 is 0. The van der Waals surface area contributed by atoms with Crippen molar-refractivity contribution in [2.45, 2.75) is 102 Å². The van der Waals surface area contributed by atoms with Gasteiger partial charge >= 0.3 is 0 Å². The Morgan fingerprint density at radius 1 is 0.881 bits per heavy atom. The Bertz CT molecular complexity index is 1460. The number of fused-ring (bicyclic) bond motifs is 9. The number of rotatable bonds is 1. The molecular weight excluding hydrogens is 539 g/mol. The number of aryl methyl sites for hydroxylation is 1. The molecule has 1 atom stereocenters. The number of alkyl halides is 2. The van der Waals surface area contributed by atoms with E-state index in [0.717, 1.165) is 69.9 Å². The summed E-state index contributed by atoms with van der Waals surface area (Å²) in [5.74, 6) is -4.31. The van der Waals surface area contributed by atoms with Crippen molar-refractivity contribution in [1.29, 1.82) is 0 Å². The summed E-state index contributed by atoms with van der Waals surface area (Å²) < 4.78 is 49.3. The first-order chi connectivity index (χ1) is 20.3. The molecule has 1 saturated carbocycles. The first-order valence-corrected chi connectivity index (χ1v) is 15.9. The summed E-state index contributed by atoms with van der Waals surface area (Å²) in [6.07, 6.45) is 11.4. The molecule has 9 heteroatoms. The van der Waals surface area contributed by atoms with E-state index < -0.39 is 29.3 Å². The van der Waals surface area contributed by atoms with Gasteiger partial charge in [0.05, 0.1) is 17.0 Å². The summed E-state index contributed by atoms with van der Waals surface area (Å²) in [7, 11) is 0. The number of nitrogens with zero attached hydrogens (tertiary/aromatic N) is 4. The minimum atomic E-state index is -3.25. The first kappa shape index (κ1) is 29.1. The Labute approximate surface area is 245 Å². The highest BCUT2D eigenvalue weighted by Gasteiger charge is 2.45. The van der Waals surface area contributed by atoms with E-state index in [4.69, 9.17) is 0 Å². The van der Waals surface area contributed by atoms with E-state index in [0.29, 0.717) is 49.3 Å². The van der Waals surface area contributed by atoms with Crippen LogP contribution in [-0.2, 0) is 12.5 Å². The van der Waals surface area contributed by atoms with E-state index in [1.165, 1.54) is 18.5 Å². The number of nitrogens with one attached hydrogen (secondary N) is 1. The third kappa shape index (κ3) is 5.69. The fourth-order valence-electron chi connectivity index (χ4n) is 7.35. The van der Waals surface area contributed by atoms with Crippen molar-refractivity contribution in [3.63, 3.8) is 0 Å². The summed E-state index contributed by atoms with van der Waals surface area (Å²) in [5, 5.41) is 4.01. The molecule has 0 amide bonds. The normalized spacial score (nSPS) is 25.8. The number of hydrogen-bond donors (Lipinski definition) is 1. The van der Waals surface area contributed by atoms with Gasteiger partial charge < -0.3 is 10.2 Å². The maximum absolute atomic E-state index is 15.9. The van der Waals surface area contributed by atoms with Gasteiger partial charge in [0.15, 0.2) is 0 Å². The molecular formula is C33H42F3N5O. The van der Waals surface area contributed by atoms with Gasteiger partial charge in [-0.25, -0.2) is 23.1 Å². The van der Waals surface area contributed by atoms with E-state index in [-0.39, 0.29) is 17.0 Å². The number of pyridine rings is 1. The van der Waals surface area contributed by atoms with Gasteiger partial charge in [0, 0.05) is 23.6 Å². The summed E-state index contributed by atoms with van der Waals surface area (Å²) in [5.41, 5.74) is 1.02. The molecule has 1 saturated heterocycles. The Hall–Kier alpha value is -2.94. The van der Waals surface area contributed by atoms with Gasteiger partial charge in [-0.2, -0.15) is 0 Å². The largest absolute Gasteiger partial charge is 0.363 e. The predicted octanol–water partition coefficient (Wildman–Crippen LogP) is 7.53. The first-order valence-electron chi connectivity index (χ1n) is 15.9. The van der Waals surface area contributed by atoms with E-state index >= 15 is 13.2 Å². The molecule has 1 aromatic carbocycles. The van der Waals surface area contributed by atoms with E-state index in [1.54, 1.807) is 17.6 Å². The van der Waals surface area contributed by atoms with Crippen LogP contribution in [-0.4, -0.2) is 39.1 Å². The monoisotopic (exact) mass is 581 g/mol. The highest BCUT2D eigenvalue weighted by atomic mass is 19.3. The van der Waals surface area contributed by atoms with Crippen LogP contribution in [0.2, 0.25) is 0 Å². The second-order valence-electron chi connectivity index (χ2n) is 12.6. The third-order valence-corrected chi connectivity index (χ3v) is 9.87. The topological polar surface area (TPSA) is 63.1 Å². The van der Waals surface area contributed by atoms with Crippen molar-refractivity contribution in [2.24, 2.45) is 5.92 Å². The van der Waals surface area contributed by atoms with Gasteiger partial charge in [0.25, 0.3) is 11.5 Å². The zero-order valence-electron chi connectivity index (χ0n) is 24.6. The molecule has 5 heterocycles. The fraction of sp³-hybridized carbons (Fsp3) is 0.606. The molecule has 1 aliphatic carbocycles. The second-order valence-corrected chi connectivity index (χ2v) is 12.6. The van der Waals surface area contributed by atoms with Crippen LogP contribution in [0.1, 0.15) is 106 Å². The average molecular weight is 582 g/mol. The molecule has 42 heavy (non-hydrogen) atoms. The van der Waals surface area contributed by atoms with Crippen LogP contribution in [0.4, 0.5) is 19.0 Å². The third-order valence-electron chi connectivity index (χ3n) is 9.87. The molecule has 1 N–H and O–H groups in total. The predicted molar refractivity (Wildman–Crippen MR) is 160 cm³/mol. The maximum atomic E-state index is 15.9. The lowest BCUT2D eigenvalue weighted by molar-refractivity contribution is -0.0880. The smallest absolute Gasteiger partial charge is 0.278 e. The van der Waals surface area contributed by atoms with Gasteiger partial charge in [0.1, 0.15) is 23.6 Å². The van der Waals surface area contributed by atoms with E-state index in [9.17, 15) is 4.79 Å². The maximum Gasteiger partial charge on any atom is 0.278 e. The van der Waals surface area contributed by atoms with Crippen LogP contribution in [0.3, 0.4) is 0 Å². The molecule has 4 aliphatic rings. The van der Waals surface area contributed by atoms with Gasteiger partial charge in [-0.3, -0.25) is 9.36 Å². The molecule has 3 aromatic rings. The molecule has 3 aliphatic heterocycles. The summed E-state index contributed by atoms with van der Waals surface area (Å²) in [6, 6.07) is 5.61. The molecule has 0 radical (unpaired) electrons. The zero-order chi connectivity index (χ0) is 29.3. The fourth-order valence-corrected chi connectivity index (χ4v) is 7.35. The molecule has 2 aromatic heterocycles. The van der Waals surface area contributed by atoms with Crippen LogP contribution in [0, 0.1) is 11.7 Å². The number of hydrogen-bond acceptors (Lipinski definition) is 5. The van der Waals surface area contributed by atoms with E-state index in [1.807, 2.05) is 6.07 Å². The number of aromatic nitrogens is 3. The molecule has 2 fully saturated rings. The van der Waals surface area contributed by atoms with Gasteiger partial charge in [-0.05, 0) is 77.1 Å². The lowest BCUT2D eigenvalue weighted by Gasteiger charge is -2.36. The average Bonchev–Trinajstić information content (AvgIpc) is 3.52. The minimum absolute atomic E-state index is 0.0232. The van der Waals surface area contributed by atoms with Crippen molar-refractivity contribution < 1.29 is 13.2 Å². The zero-order valence-corrected chi connectivity index (χ0v) is 24.6. The SMILES string of the molecule is C[C@H]1Nc2ncnc3c2cc(C2CCCC2)c(=O)n3CCCCCCCN2CCC(CC2)C(F)(F)c2cccc1c2F. The molecule has 0 spiro atoms. The van der Waals surface area contributed by atoms with Gasteiger partial charge in [-0.15, -0.1) is 0 Å². The Balaban J connectivity index is 1.41. The quantitative estimate of drug-likeness (QED) is 0.322. The van der Waals surface area contributed by atoms with Crippen LogP contribution in [0.15, 0.2) is 35.4 Å².